The number of benzene rings is 2. The van der Waals surface area contributed by atoms with Gasteiger partial charge in [0.05, 0.1) is 23.6 Å². The third kappa shape index (κ3) is 4.01. The van der Waals surface area contributed by atoms with Crippen LogP contribution >= 0.6 is 11.3 Å². The monoisotopic (exact) mass is 489 g/mol. The fourth-order valence-electron chi connectivity index (χ4n) is 4.46. The Hall–Kier alpha value is -3.52. The van der Waals surface area contributed by atoms with Crippen LogP contribution in [0.1, 0.15) is 64.6 Å². The fourth-order valence-corrected chi connectivity index (χ4v) is 5.53. The van der Waals surface area contributed by atoms with Gasteiger partial charge >= 0.3 is 0 Å². The van der Waals surface area contributed by atoms with Gasteiger partial charge in [0.25, 0.3) is 5.91 Å². The van der Waals surface area contributed by atoms with Crippen LogP contribution in [0, 0.1) is 19.8 Å². The molecule has 2 aromatic heterocycles. The van der Waals surface area contributed by atoms with E-state index in [1.165, 1.54) is 11.3 Å². The summed E-state index contributed by atoms with van der Waals surface area (Å²) in [6, 6.07) is 10.4. The Morgan fingerprint density at radius 3 is 2.63 bits per heavy atom. The SMILES string of the molecule is CCOc1cccc(C2c3c(oc4cc(C)c(C)cc4c3=O)C(=O)N2c2nnc(CC(C)C)s2)c1. The lowest BCUT2D eigenvalue weighted by atomic mass is 9.97. The number of amides is 1. The van der Waals surface area contributed by atoms with Gasteiger partial charge in [0.1, 0.15) is 16.3 Å². The molecule has 1 unspecified atom stereocenters. The minimum Gasteiger partial charge on any atom is -0.494 e. The lowest BCUT2D eigenvalue weighted by Crippen LogP contribution is -2.29. The van der Waals surface area contributed by atoms with Crippen molar-refractivity contribution in [3.63, 3.8) is 0 Å². The van der Waals surface area contributed by atoms with E-state index in [0.717, 1.165) is 28.1 Å². The Balaban J connectivity index is 1.74. The fraction of sp³-hybridized carbons (Fsp3) is 0.333. The largest absolute Gasteiger partial charge is 0.494 e. The average molecular weight is 490 g/mol. The minimum atomic E-state index is -0.694. The van der Waals surface area contributed by atoms with Crippen LogP contribution in [0.15, 0.2) is 45.6 Å². The van der Waals surface area contributed by atoms with E-state index in [0.29, 0.717) is 39.9 Å². The number of rotatable bonds is 6. The Bertz CT molecular complexity index is 1500. The highest BCUT2D eigenvalue weighted by molar-refractivity contribution is 7.15. The van der Waals surface area contributed by atoms with Gasteiger partial charge in [-0.3, -0.25) is 14.5 Å². The molecule has 35 heavy (non-hydrogen) atoms. The van der Waals surface area contributed by atoms with Crippen molar-refractivity contribution >= 4 is 33.3 Å². The predicted molar refractivity (Wildman–Crippen MR) is 137 cm³/mol. The number of aryl methyl sites for hydroxylation is 2. The minimum absolute atomic E-state index is 0.0539. The van der Waals surface area contributed by atoms with Crippen LogP contribution in [-0.4, -0.2) is 22.7 Å². The second-order valence-electron chi connectivity index (χ2n) is 9.27. The van der Waals surface area contributed by atoms with Gasteiger partial charge in [-0.2, -0.15) is 0 Å². The number of hydrogen-bond acceptors (Lipinski definition) is 7. The second kappa shape index (κ2) is 8.92. The maximum absolute atomic E-state index is 13.8. The molecule has 1 atom stereocenters. The lowest BCUT2D eigenvalue weighted by Gasteiger charge is -2.22. The zero-order valence-corrected chi connectivity index (χ0v) is 21.2. The van der Waals surface area contributed by atoms with Crippen LogP contribution in [-0.2, 0) is 6.42 Å². The predicted octanol–water partition coefficient (Wildman–Crippen LogP) is 5.61. The number of hydrogen-bond donors (Lipinski definition) is 0. The van der Waals surface area contributed by atoms with Crippen LogP contribution in [0.4, 0.5) is 5.13 Å². The van der Waals surface area contributed by atoms with Crippen molar-refractivity contribution in [3.8, 4) is 5.75 Å². The molecule has 0 aliphatic carbocycles. The van der Waals surface area contributed by atoms with E-state index >= 15 is 0 Å². The van der Waals surface area contributed by atoms with Gasteiger partial charge in [0.15, 0.2) is 5.43 Å². The van der Waals surface area contributed by atoms with Crippen molar-refractivity contribution in [2.24, 2.45) is 5.92 Å². The van der Waals surface area contributed by atoms with Crippen LogP contribution < -0.4 is 15.1 Å². The summed E-state index contributed by atoms with van der Waals surface area (Å²) >= 11 is 1.37. The summed E-state index contributed by atoms with van der Waals surface area (Å²) < 4.78 is 11.8. The molecule has 5 rings (SSSR count). The van der Waals surface area contributed by atoms with Gasteiger partial charge in [-0.1, -0.05) is 37.3 Å². The Morgan fingerprint density at radius 2 is 1.89 bits per heavy atom. The van der Waals surface area contributed by atoms with Crippen LogP contribution in [0.5, 0.6) is 5.75 Å². The molecule has 1 amide bonds. The highest BCUT2D eigenvalue weighted by Gasteiger charge is 2.45. The number of carbonyl (C=O) groups is 1. The number of carbonyl (C=O) groups excluding carboxylic acids is 1. The molecule has 7 nitrogen and oxygen atoms in total. The van der Waals surface area contributed by atoms with E-state index < -0.39 is 11.9 Å². The normalized spacial score (nSPS) is 15.3. The molecule has 0 radical (unpaired) electrons. The van der Waals surface area contributed by atoms with Crippen molar-refractivity contribution in [1.29, 1.82) is 0 Å². The zero-order valence-electron chi connectivity index (χ0n) is 20.4. The van der Waals surface area contributed by atoms with Gasteiger partial charge in [-0.05, 0) is 67.6 Å². The molecule has 4 aromatic rings. The van der Waals surface area contributed by atoms with Crippen molar-refractivity contribution in [1.82, 2.24) is 10.2 Å². The molecule has 0 saturated heterocycles. The summed E-state index contributed by atoms with van der Waals surface area (Å²) in [6.45, 7) is 10.6. The Labute approximate surface area is 207 Å². The maximum atomic E-state index is 13.8. The highest BCUT2D eigenvalue weighted by Crippen LogP contribution is 2.43. The van der Waals surface area contributed by atoms with Crippen molar-refractivity contribution in [2.75, 3.05) is 11.5 Å². The molecular weight excluding hydrogens is 462 g/mol. The first kappa shape index (κ1) is 23.2. The van der Waals surface area contributed by atoms with E-state index in [-0.39, 0.29) is 11.2 Å². The summed E-state index contributed by atoms with van der Waals surface area (Å²) in [6.07, 6.45) is 0.761. The van der Waals surface area contributed by atoms with Crippen LogP contribution in [0.25, 0.3) is 11.0 Å². The number of ether oxygens (including phenoxy) is 1. The van der Waals surface area contributed by atoms with Crippen LogP contribution in [0.3, 0.4) is 0 Å². The van der Waals surface area contributed by atoms with Gasteiger partial charge in [0.2, 0.25) is 10.9 Å². The number of aromatic nitrogens is 2. The van der Waals surface area contributed by atoms with Gasteiger partial charge in [-0.25, -0.2) is 0 Å². The summed E-state index contributed by atoms with van der Waals surface area (Å²) in [5.41, 5.74) is 3.25. The summed E-state index contributed by atoms with van der Waals surface area (Å²) in [5.74, 6) is 0.732. The standard InChI is InChI=1S/C27H27N3O4S/c1-6-33-18-9-7-8-17(13-18)23-22-24(31)19-11-15(4)16(5)12-20(19)34-25(22)26(32)30(23)27-29-28-21(35-27)10-14(2)3/h7-9,11-14,23H,6,10H2,1-5H3. The second-order valence-corrected chi connectivity index (χ2v) is 10.3. The number of anilines is 1. The molecule has 1 aliphatic rings. The van der Waals surface area contributed by atoms with E-state index in [4.69, 9.17) is 9.15 Å². The van der Waals surface area contributed by atoms with Gasteiger partial charge in [-0.15, -0.1) is 10.2 Å². The van der Waals surface area contributed by atoms with E-state index in [1.807, 2.05) is 57.2 Å². The smallest absolute Gasteiger partial charge is 0.297 e. The van der Waals surface area contributed by atoms with Crippen molar-refractivity contribution in [3.05, 3.63) is 79.6 Å². The van der Waals surface area contributed by atoms with Crippen molar-refractivity contribution in [2.45, 2.75) is 47.1 Å². The third-order valence-corrected chi connectivity index (χ3v) is 7.16. The molecule has 8 heteroatoms. The molecule has 1 aliphatic heterocycles. The molecule has 0 N–H and O–H groups in total. The Kier molecular flexibility index (Phi) is 5.92. The summed E-state index contributed by atoms with van der Waals surface area (Å²) in [7, 11) is 0. The first-order valence-corrected chi connectivity index (χ1v) is 12.6. The summed E-state index contributed by atoms with van der Waals surface area (Å²) in [5, 5.41) is 10.4. The molecule has 0 spiro atoms. The van der Waals surface area contributed by atoms with E-state index in [9.17, 15) is 9.59 Å². The topological polar surface area (TPSA) is 85.5 Å². The third-order valence-electron chi connectivity index (χ3n) is 6.22. The Morgan fingerprint density at radius 1 is 1.11 bits per heavy atom. The molecule has 0 bridgehead atoms. The first-order valence-electron chi connectivity index (χ1n) is 11.7. The molecular formula is C27H27N3O4S. The molecule has 180 valence electrons. The molecule has 2 aromatic carbocycles. The molecule has 0 fully saturated rings. The van der Waals surface area contributed by atoms with Crippen LogP contribution in [0.2, 0.25) is 0 Å². The first-order chi connectivity index (χ1) is 16.8. The highest BCUT2D eigenvalue weighted by atomic mass is 32.1. The van der Waals surface area contributed by atoms with Gasteiger partial charge in [0, 0.05) is 6.42 Å². The zero-order chi connectivity index (χ0) is 24.9. The van der Waals surface area contributed by atoms with Crippen molar-refractivity contribution < 1.29 is 13.9 Å². The lowest BCUT2D eigenvalue weighted by molar-refractivity contribution is 0.0970. The van der Waals surface area contributed by atoms with E-state index in [1.54, 1.807) is 4.90 Å². The number of fused-ring (bicyclic) bond motifs is 2. The average Bonchev–Trinajstić information content (AvgIpc) is 3.37. The number of nitrogens with zero attached hydrogens (tertiary/aromatic N) is 3. The quantitative estimate of drug-likeness (QED) is 0.350. The molecule has 3 heterocycles. The summed E-state index contributed by atoms with van der Waals surface area (Å²) in [4.78, 5) is 29.2. The van der Waals surface area contributed by atoms with Gasteiger partial charge < -0.3 is 9.15 Å². The van der Waals surface area contributed by atoms with E-state index in [2.05, 4.69) is 24.0 Å². The maximum Gasteiger partial charge on any atom is 0.297 e. The molecule has 0 saturated carbocycles.